The van der Waals surface area contributed by atoms with Crippen LogP contribution in [0.4, 0.5) is 5.69 Å². The first kappa shape index (κ1) is 10.2. The van der Waals surface area contributed by atoms with Crippen LogP contribution in [-0.2, 0) is 0 Å². The van der Waals surface area contributed by atoms with Crippen molar-refractivity contribution in [3.8, 4) is 5.75 Å². The normalized spacial score (nSPS) is 9.50. The van der Waals surface area contributed by atoms with Crippen molar-refractivity contribution in [2.24, 2.45) is 10.9 Å². The van der Waals surface area contributed by atoms with Gasteiger partial charge in [0.2, 0.25) is 5.91 Å². The van der Waals surface area contributed by atoms with Crippen molar-refractivity contribution >= 4 is 11.6 Å². The van der Waals surface area contributed by atoms with E-state index in [-0.39, 0.29) is 11.4 Å². The minimum atomic E-state index is -0.566. The number of nitrogens with two attached hydrogens (primary N) is 1. The van der Waals surface area contributed by atoms with Crippen molar-refractivity contribution in [1.82, 2.24) is 0 Å². The van der Waals surface area contributed by atoms with Crippen molar-refractivity contribution in [3.05, 3.63) is 28.7 Å². The Labute approximate surface area is 80.8 Å². The van der Waals surface area contributed by atoms with Gasteiger partial charge in [0.1, 0.15) is 11.4 Å². The third-order valence-corrected chi connectivity index (χ3v) is 1.64. The molecule has 1 aromatic rings. The highest BCUT2D eigenvalue weighted by molar-refractivity contribution is 5.93. The van der Waals surface area contributed by atoms with Gasteiger partial charge in [0.25, 0.3) is 0 Å². The van der Waals surface area contributed by atoms with Gasteiger partial charge in [0, 0.05) is 5.56 Å². The fourth-order valence-corrected chi connectivity index (χ4v) is 1.01. The molecule has 0 atom stereocenters. The van der Waals surface area contributed by atoms with E-state index in [1.165, 1.54) is 18.2 Å². The maximum Gasteiger partial charge on any atom is 0.248 e. The number of primary amides is 1. The maximum absolute atomic E-state index is 10.8. The van der Waals surface area contributed by atoms with Gasteiger partial charge in [-0.25, -0.2) is 0 Å². The molecule has 5 heteroatoms. The molecule has 1 aromatic carbocycles. The number of carbonyl (C=O) groups excluding carboxylic acids is 1. The summed E-state index contributed by atoms with van der Waals surface area (Å²) in [4.78, 5) is 21.2. The Kier molecular flexibility index (Phi) is 3.17. The summed E-state index contributed by atoms with van der Waals surface area (Å²) in [6.07, 6.45) is 0. The molecule has 0 saturated heterocycles. The summed E-state index contributed by atoms with van der Waals surface area (Å²) in [7, 11) is 0. The number of hydrogen-bond donors (Lipinski definition) is 1. The zero-order valence-electron chi connectivity index (χ0n) is 7.69. The molecule has 1 amide bonds. The molecule has 2 N–H and O–H groups in total. The van der Waals surface area contributed by atoms with Gasteiger partial charge in [-0.2, -0.15) is 0 Å². The third-order valence-electron chi connectivity index (χ3n) is 1.64. The van der Waals surface area contributed by atoms with Crippen LogP contribution in [-0.4, -0.2) is 12.5 Å². The lowest BCUT2D eigenvalue weighted by molar-refractivity contribution is 0.1000. The van der Waals surface area contributed by atoms with Crippen molar-refractivity contribution in [1.29, 1.82) is 0 Å². The number of nitrogens with zero attached hydrogens (tertiary/aromatic N) is 1. The van der Waals surface area contributed by atoms with Gasteiger partial charge in [-0.1, -0.05) is 0 Å². The van der Waals surface area contributed by atoms with Crippen molar-refractivity contribution in [2.75, 3.05) is 6.61 Å². The van der Waals surface area contributed by atoms with E-state index in [0.717, 1.165) is 0 Å². The summed E-state index contributed by atoms with van der Waals surface area (Å²) in [5.74, 6) is -0.290. The van der Waals surface area contributed by atoms with Crippen LogP contribution in [0.5, 0.6) is 5.75 Å². The Bertz CT molecular complexity index is 363. The number of carbonyl (C=O) groups is 1. The Morgan fingerprint density at radius 1 is 1.57 bits per heavy atom. The Morgan fingerprint density at radius 3 is 2.79 bits per heavy atom. The van der Waals surface area contributed by atoms with Gasteiger partial charge in [0.05, 0.1) is 6.61 Å². The summed E-state index contributed by atoms with van der Waals surface area (Å²) in [5, 5.41) is 2.76. The smallest absolute Gasteiger partial charge is 0.248 e. The Hall–Kier alpha value is -1.91. The minimum absolute atomic E-state index is 0.164. The summed E-state index contributed by atoms with van der Waals surface area (Å²) in [6, 6.07) is 4.24. The van der Waals surface area contributed by atoms with Gasteiger partial charge in [-0.3, -0.25) is 4.79 Å². The molecule has 0 aliphatic rings. The molecule has 0 heterocycles. The molecule has 0 fully saturated rings. The molecule has 0 aliphatic heterocycles. The second kappa shape index (κ2) is 4.36. The molecular formula is C9H10N2O3. The number of benzene rings is 1. The molecule has 0 bridgehead atoms. The number of ether oxygens (including phenoxy) is 1. The first-order valence-electron chi connectivity index (χ1n) is 4.09. The SMILES string of the molecule is CCOc1cc(C(N)=O)ccc1N=O. The highest BCUT2D eigenvalue weighted by Crippen LogP contribution is 2.28. The summed E-state index contributed by atoms with van der Waals surface area (Å²) < 4.78 is 5.12. The number of rotatable bonds is 4. The number of nitroso groups, excluding NO2 is 1. The van der Waals surface area contributed by atoms with E-state index >= 15 is 0 Å². The first-order chi connectivity index (χ1) is 6.69. The summed E-state index contributed by atoms with van der Waals surface area (Å²) in [6.45, 7) is 2.16. The van der Waals surface area contributed by atoms with Crippen LogP contribution >= 0.6 is 0 Å². The lowest BCUT2D eigenvalue weighted by Crippen LogP contribution is -2.10. The second-order valence-corrected chi connectivity index (χ2v) is 2.57. The van der Waals surface area contributed by atoms with Gasteiger partial charge in [-0.05, 0) is 30.3 Å². The lowest BCUT2D eigenvalue weighted by Gasteiger charge is -2.05. The van der Waals surface area contributed by atoms with E-state index in [9.17, 15) is 9.70 Å². The van der Waals surface area contributed by atoms with E-state index in [2.05, 4.69) is 5.18 Å². The molecule has 5 nitrogen and oxygen atoms in total. The number of hydrogen-bond acceptors (Lipinski definition) is 4. The fourth-order valence-electron chi connectivity index (χ4n) is 1.01. The molecule has 0 radical (unpaired) electrons. The summed E-state index contributed by atoms with van der Waals surface area (Å²) >= 11 is 0. The largest absolute Gasteiger partial charge is 0.491 e. The van der Waals surface area contributed by atoms with E-state index in [0.29, 0.717) is 12.2 Å². The molecular weight excluding hydrogens is 184 g/mol. The standard InChI is InChI=1S/C9H10N2O3/c1-2-14-8-5-6(9(10)12)3-4-7(8)11-13/h3-5H,2H2,1H3,(H2,10,12). The molecule has 14 heavy (non-hydrogen) atoms. The topological polar surface area (TPSA) is 81.8 Å². The van der Waals surface area contributed by atoms with E-state index in [1.54, 1.807) is 6.92 Å². The summed E-state index contributed by atoms with van der Waals surface area (Å²) in [5.41, 5.74) is 5.52. The zero-order valence-corrected chi connectivity index (χ0v) is 7.69. The number of amides is 1. The van der Waals surface area contributed by atoms with Crippen molar-refractivity contribution in [3.63, 3.8) is 0 Å². The van der Waals surface area contributed by atoms with Crippen LogP contribution < -0.4 is 10.5 Å². The average Bonchev–Trinajstić information content (AvgIpc) is 2.18. The average molecular weight is 194 g/mol. The van der Waals surface area contributed by atoms with Crippen molar-refractivity contribution < 1.29 is 9.53 Å². The Balaban J connectivity index is 3.13. The molecule has 1 rings (SSSR count). The predicted molar refractivity (Wildman–Crippen MR) is 51.6 cm³/mol. The van der Waals surface area contributed by atoms with Gasteiger partial charge in [0.15, 0.2) is 0 Å². The zero-order chi connectivity index (χ0) is 10.6. The minimum Gasteiger partial charge on any atom is -0.491 e. The quantitative estimate of drug-likeness (QED) is 0.738. The Morgan fingerprint density at radius 2 is 2.29 bits per heavy atom. The molecule has 0 unspecified atom stereocenters. The van der Waals surface area contributed by atoms with Crippen molar-refractivity contribution in [2.45, 2.75) is 6.92 Å². The molecule has 0 aliphatic carbocycles. The highest BCUT2D eigenvalue weighted by atomic mass is 16.5. The van der Waals surface area contributed by atoms with Crippen LogP contribution in [0.25, 0.3) is 0 Å². The van der Waals surface area contributed by atoms with Crippen LogP contribution in [0.2, 0.25) is 0 Å². The van der Waals surface area contributed by atoms with Gasteiger partial charge >= 0.3 is 0 Å². The fraction of sp³-hybridized carbons (Fsp3) is 0.222. The second-order valence-electron chi connectivity index (χ2n) is 2.57. The predicted octanol–water partition coefficient (Wildman–Crippen LogP) is 1.58. The monoisotopic (exact) mass is 194 g/mol. The molecule has 0 spiro atoms. The van der Waals surface area contributed by atoms with Crippen LogP contribution in [0.1, 0.15) is 17.3 Å². The first-order valence-corrected chi connectivity index (χ1v) is 4.09. The van der Waals surface area contributed by atoms with E-state index in [4.69, 9.17) is 10.5 Å². The third kappa shape index (κ3) is 2.07. The van der Waals surface area contributed by atoms with Crippen LogP contribution in [0.15, 0.2) is 23.4 Å². The van der Waals surface area contributed by atoms with Gasteiger partial charge in [-0.15, -0.1) is 4.91 Å². The maximum atomic E-state index is 10.8. The lowest BCUT2D eigenvalue weighted by atomic mass is 10.2. The molecule has 74 valence electrons. The van der Waals surface area contributed by atoms with Crippen LogP contribution in [0.3, 0.4) is 0 Å². The molecule has 0 saturated carbocycles. The van der Waals surface area contributed by atoms with E-state index in [1.807, 2.05) is 0 Å². The van der Waals surface area contributed by atoms with Crippen LogP contribution in [0, 0.1) is 4.91 Å². The van der Waals surface area contributed by atoms with E-state index < -0.39 is 5.91 Å². The molecule has 0 aromatic heterocycles. The highest BCUT2D eigenvalue weighted by Gasteiger charge is 2.08. The van der Waals surface area contributed by atoms with Gasteiger partial charge < -0.3 is 10.5 Å².